The number of thioether (sulfide) groups is 1. The molecule has 0 bridgehead atoms. The number of benzene rings is 1. The molecule has 0 aromatic heterocycles. The largest absolute Gasteiger partial charge is 0.289 e. The van der Waals surface area contributed by atoms with Gasteiger partial charge in [-0.1, -0.05) is 42.1 Å². The highest BCUT2D eigenvalue weighted by Crippen LogP contribution is 2.16. The monoisotopic (exact) mass is 306 g/mol. The maximum absolute atomic E-state index is 12.4. The minimum Gasteiger partial charge on any atom is -0.289 e. The number of rotatable bonds is 6. The van der Waals surface area contributed by atoms with E-state index in [1.165, 1.54) is 11.8 Å². The molecule has 2 rings (SSSR count). The van der Waals surface area contributed by atoms with Crippen molar-refractivity contribution >= 4 is 22.8 Å². The summed E-state index contributed by atoms with van der Waals surface area (Å²) < 4.78 is 0. The molecule has 1 saturated heterocycles. The summed E-state index contributed by atoms with van der Waals surface area (Å²) in [7, 11) is 0. The number of nitrogens with one attached hydrogen (secondary N) is 1. The van der Waals surface area contributed by atoms with Gasteiger partial charge in [0.2, 0.25) is 5.91 Å². The highest BCUT2D eigenvalue weighted by atomic mass is 32.2. The van der Waals surface area contributed by atoms with Crippen LogP contribution in [-0.2, 0) is 16.0 Å². The Labute approximate surface area is 130 Å². The Bertz CT molecular complexity index is 472. The van der Waals surface area contributed by atoms with Gasteiger partial charge in [-0.15, -0.1) is 0 Å². The average Bonchev–Trinajstić information content (AvgIpc) is 2.97. The molecule has 5 heteroatoms. The molecule has 1 atom stereocenters. The maximum atomic E-state index is 12.4. The summed E-state index contributed by atoms with van der Waals surface area (Å²) >= 11 is 1.23. The maximum Gasteiger partial charge on any atom is 0.238 e. The van der Waals surface area contributed by atoms with E-state index < -0.39 is 0 Å². The Balaban J connectivity index is 1.96. The smallest absolute Gasteiger partial charge is 0.238 e. The zero-order chi connectivity index (χ0) is 15.1. The molecule has 0 radical (unpaired) electrons. The van der Waals surface area contributed by atoms with Crippen molar-refractivity contribution in [2.24, 2.45) is 5.92 Å². The zero-order valence-electron chi connectivity index (χ0n) is 12.4. The number of carbonyl (C=O) groups is 2. The topological polar surface area (TPSA) is 49.4 Å². The van der Waals surface area contributed by atoms with Crippen LogP contribution in [0.1, 0.15) is 25.3 Å². The lowest BCUT2D eigenvalue weighted by Crippen LogP contribution is -2.44. The van der Waals surface area contributed by atoms with Crippen LogP contribution in [-0.4, -0.2) is 34.9 Å². The molecular weight excluding hydrogens is 284 g/mol. The Morgan fingerprint density at radius 2 is 1.90 bits per heavy atom. The predicted octanol–water partition coefficient (Wildman–Crippen LogP) is 2.25. The van der Waals surface area contributed by atoms with Gasteiger partial charge in [-0.2, -0.15) is 0 Å². The first-order valence-electron chi connectivity index (χ1n) is 7.38. The number of hydrogen-bond donors (Lipinski definition) is 1. The third-order valence-electron chi connectivity index (χ3n) is 3.56. The molecule has 1 amide bonds. The molecule has 4 nitrogen and oxygen atoms in total. The standard InChI is InChI=1S/C16H22N2O2S/c1-13(19)21-12-15(11-14-7-3-2-4-8-14)16(20)17-18-9-5-6-10-18/h2-4,7-8,15H,5-6,9-12H2,1H3,(H,17,20). The molecule has 1 fully saturated rings. The van der Waals surface area contributed by atoms with Crippen molar-refractivity contribution in [2.45, 2.75) is 26.2 Å². The van der Waals surface area contributed by atoms with Gasteiger partial charge in [0, 0.05) is 25.8 Å². The lowest BCUT2D eigenvalue weighted by atomic mass is 10.0. The molecular formula is C16H22N2O2S. The van der Waals surface area contributed by atoms with Crippen molar-refractivity contribution in [2.75, 3.05) is 18.8 Å². The lowest BCUT2D eigenvalue weighted by Gasteiger charge is -2.21. The Kier molecular flexibility index (Phi) is 6.26. The predicted molar refractivity (Wildman–Crippen MR) is 85.7 cm³/mol. The molecule has 0 saturated carbocycles. The molecule has 114 valence electrons. The second kappa shape index (κ2) is 8.20. The molecule has 1 heterocycles. The summed E-state index contributed by atoms with van der Waals surface area (Å²) in [6, 6.07) is 9.96. The van der Waals surface area contributed by atoms with E-state index in [2.05, 4.69) is 5.43 Å². The van der Waals surface area contributed by atoms with E-state index in [0.29, 0.717) is 12.2 Å². The Morgan fingerprint density at radius 3 is 2.52 bits per heavy atom. The molecule has 1 aliphatic rings. The molecule has 1 N–H and O–H groups in total. The van der Waals surface area contributed by atoms with E-state index in [1.807, 2.05) is 35.3 Å². The highest BCUT2D eigenvalue weighted by Gasteiger charge is 2.23. The SMILES string of the molecule is CC(=O)SCC(Cc1ccccc1)C(=O)NN1CCCC1. The third kappa shape index (κ3) is 5.52. The van der Waals surface area contributed by atoms with Crippen LogP contribution in [0.2, 0.25) is 0 Å². The first-order chi connectivity index (χ1) is 10.1. The zero-order valence-corrected chi connectivity index (χ0v) is 13.2. The van der Waals surface area contributed by atoms with Gasteiger partial charge in [-0.3, -0.25) is 15.0 Å². The second-order valence-corrected chi connectivity index (χ2v) is 6.56. The number of amides is 1. The molecule has 1 unspecified atom stereocenters. The second-order valence-electron chi connectivity index (χ2n) is 5.36. The van der Waals surface area contributed by atoms with Crippen molar-refractivity contribution in [3.8, 4) is 0 Å². The van der Waals surface area contributed by atoms with E-state index >= 15 is 0 Å². The van der Waals surface area contributed by atoms with Crippen LogP contribution in [0.5, 0.6) is 0 Å². The summed E-state index contributed by atoms with van der Waals surface area (Å²) in [4.78, 5) is 23.6. The van der Waals surface area contributed by atoms with Crippen molar-refractivity contribution < 1.29 is 9.59 Å². The number of carbonyl (C=O) groups excluding carboxylic acids is 2. The van der Waals surface area contributed by atoms with Crippen molar-refractivity contribution in [3.05, 3.63) is 35.9 Å². The van der Waals surface area contributed by atoms with Gasteiger partial charge < -0.3 is 0 Å². The summed E-state index contributed by atoms with van der Waals surface area (Å²) in [6.45, 7) is 3.38. The van der Waals surface area contributed by atoms with E-state index in [4.69, 9.17) is 0 Å². The van der Waals surface area contributed by atoms with Crippen LogP contribution in [0, 0.1) is 5.92 Å². The molecule has 21 heavy (non-hydrogen) atoms. The fraction of sp³-hybridized carbons (Fsp3) is 0.500. The number of nitrogens with zero attached hydrogens (tertiary/aromatic N) is 1. The minimum absolute atomic E-state index is 0.0227. The minimum atomic E-state index is -0.179. The van der Waals surface area contributed by atoms with Gasteiger partial charge in [0.15, 0.2) is 5.12 Å². The van der Waals surface area contributed by atoms with Crippen molar-refractivity contribution in [1.29, 1.82) is 0 Å². The fourth-order valence-electron chi connectivity index (χ4n) is 2.42. The molecule has 1 aliphatic heterocycles. The molecule has 0 spiro atoms. The van der Waals surface area contributed by atoms with Gasteiger partial charge in [-0.25, -0.2) is 5.01 Å². The summed E-state index contributed by atoms with van der Waals surface area (Å²) in [6.07, 6.45) is 2.93. The first kappa shape index (κ1) is 16.0. The van der Waals surface area contributed by atoms with Gasteiger partial charge >= 0.3 is 0 Å². The summed E-state index contributed by atoms with van der Waals surface area (Å²) in [5.74, 6) is 0.376. The van der Waals surface area contributed by atoms with Crippen LogP contribution in [0.4, 0.5) is 0 Å². The Hall–Kier alpha value is -1.33. The average molecular weight is 306 g/mol. The van der Waals surface area contributed by atoms with E-state index in [-0.39, 0.29) is 16.9 Å². The van der Waals surface area contributed by atoms with Crippen LogP contribution in [0.25, 0.3) is 0 Å². The van der Waals surface area contributed by atoms with Crippen LogP contribution in [0.3, 0.4) is 0 Å². The lowest BCUT2D eigenvalue weighted by molar-refractivity contribution is -0.128. The fourth-order valence-corrected chi connectivity index (χ4v) is 3.13. The molecule has 1 aromatic carbocycles. The normalized spacial score (nSPS) is 16.6. The molecule has 1 aromatic rings. The molecule has 0 aliphatic carbocycles. The highest BCUT2D eigenvalue weighted by molar-refractivity contribution is 8.13. The third-order valence-corrected chi connectivity index (χ3v) is 4.53. The summed E-state index contributed by atoms with van der Waals surface area (Å²) in [5.41, 5.74) is 4.12. The number of hydrazine groups is 1. The Morgan fingerprint density at radius 1 is 1.24 bits per heavy atom. The summed E-state index contributed by atoms with van der Waals surface area (Å²) in [5, 5.41) is 2.04. The van der Waals surface area contributed by atoms with Crippen LogP contribution in [0.15, 0.2) is 30.3 Å². The van der Waals surface area contributed by atoms with Gasteiger partial charge in [0.25, 0.3) is 0 Å². The van der Waals surface area contributed by atoms with Gasteiger partial charge in [0.05, 0.1) is 5.92 Å². The van der Waals surface area contributed by atoms with E-state index in [9.17, 15) is 9.59 Å². The van der Waals surface area contributed by atoms with Crippen LogP contribution >= 0.6 is 11.8 Å². The van der Waals surface area contributed by atoms with Gasteiger partial charge in [0.1, 0.15) is 0 Å². The van der Waals surface area contributed by atoms with Crippen molar-refractivity contribution in [1.82, 2.24) is 10.4 Å². The van der Waals surface area contributed by atoms with E-state index in [1.54, 1.807) is 6.92 Å². The quantitative estimate of drug-likeness (QED) is 0.876. The van der Waals surface area contributed by atoms with Crippen LogP contribution < -0.4 is 5.43 Å². The van der Waals surface area contributed by atoms with Crippen molar-refractivity contribution in [3.63, 3.8) is 0 Å². The number of hydrogen-bond acceptors (Lipinski definition) is 4. The van der Waals surface area contributed by atoms with Gasteiger partial charge in [-0.05, 0) is 24.8 Å². The first-order valence-corrected chi connectivity index (χ1v) is 8.36. The van der Waals surface area contributed by atoms with E-state index in [0.717, 1.165) is 31.5 Å².